The summed E-state index contributed by atoms with van der Waals surface area (Å²) < 4.78 is 23.3. The number of sulfonamides is 1. The van der Waals surface area contributed by atoms with Gasteiger partial charge in [0.05, 0.1) is 4.90 Å². The predicted molar refractivity (Wildman–Crippen MR) is 82.2 cm³/mol. The van der Waals surface area contributed by atoms with Crippen molar-refractivity contribution in [2.24, 2.45) is 10.6 Å². The molecule has 0 saturated carbocycles. The summed E-state index contributed by atoms with van der Waals surface area (Å²) in [5.74, 6) is 0. The first kappa shape index (κ1) is 15.1. The van der Waals surface area contributed by atoms with E-state index in [2.05, 4.69) is 18.7 Å². The van der Waals surface area contributed by atoms with E-state index in [0.29, 0.717) is 16.7 Å². The Morgan fingerprint density at radius 1 is 1.20 bits per heavy atom. The highest BCUT2D eigenvalue weighted by atomic mass is 32.2. The molecule has 20 heavy (non-hydrogen) atoms. The number of hydrogen-bond acceptors (Lipinski definition) is 4. The summed E-state index contributed by atoms with van der Waals surface area (Å²) in [5, 5.41) is 5.27. The molecule has 0 unspecified atom stereocenters. The average molecular weight is 297 g/mol. The summed E-state index contributed by atoms with van der Waals surface area (Å²) in [6.45, 7) is 8.11. The molecule has 0 atom stereocenters. The average Bonchev–Trinajstić information content (AvgIpc) is 2.30. The van der Waals surface area contributed by atoms with Gasteiger partial charge in [-0.05, 0) is 42.9 Å². The van der Waals surface area contributed by atoms with Gasteiger partial charge in [0.1, 0.15) is 0 Å². The fraction of sp³-hybridized carbons (Fsp3) is 0.571. The van der Waals surface area contributed by atoms with Crippen LogP contribution >= 0.6 is 0 Å². The Balaban J connectivity index is 2.41. The Labute approximate surface area is 121 Å². The highest BCUT2D eigenvalue weighted by molar-refractivity contribution is 7.89. The lowest BCUT2D eigenvalue weighted by atomic mass is 9.82. The maximum absolute atomic E-state index is 11.6. The van der Waals surface area contributed by atoms with Crippen molar-refractivity contribution in [2.75, 3.05) is 23.7 Å². The molecule has 1 saturated heterocycles. The van der Waals surface area contributed by atoms with E-state index in [9.17, 15) is 8.42 Å². The van der Waals surface area contributed by atoms with Crippen molar-refractivity contribution in [3.63, 3.8) is 0 Å². The first-order valence-corrected chi connectivity index (χ1v) is 8.33. The van der Waals surface area contributed by atoms with Gasteiger partial charge in [0, 0.05) is 24.5 Å². The minimum Gasteiger partial charge on any atom is -0.399 e. The number of primary sulfonamides is 1. The summed E-state index contributed by atoms with van der Waals surface area (Å²) >= 11 is 0. The zero-order valence-corrected chi connectivity index (χ0v) is 13.1. The summed E-state index contributed by atoms with van der Waals surface area (Å²) in [6, 6.07) is 3.27. The third-order valence-electron chi connectivity index (χ3n) is 4.12. The van der Waals surface area contributed by atoms with Crippen LogP contribution in [0.4, 0.5) is 11.4 Å². The number of rotatable bonds is 2. The Morgan fingerprint density at radius 3 is 2.25 bits per heavy atom. The predicted octanol–water partition coefficient (Wildman–Crippen LogP) is 1.85. The minimum absolute atomic E-state index is 0.123. The van der Waals surface area contributed by atoms with E-state index in [1.54, 1.807) is 6.92 Å². The molecule has 1 aliphatic rings. The molecule has 0 aromatic heterocycles. The van der Waals surface area contributed by atoms with Crippen LogP contribution in [0.1, 0.15) is 32.3 Å². The molecule has 0 radical (unpaired) electrons. The van der Waals surface area contributed by atoms with Crippen LogP contribution in [0.15, 0.2) is 17.0 Å². The lowest BCUT2D eigenvalue weighted by Gasteiger charge is -2.39. The quantitative estimate of drug-likeness (QED) is 0.815. The van der Waals surface area contributed by atoms with Crippen molar-refractivity contribution in [1.82, 2.24) is 0 Å². The summed E-state index contributed by atoms with van der Waals surface area (Å²) in [6.07, 6.45) is 2.15. The molecule has 1 aromatic carbocycles. The molecule has 0 bridgehead atoms. The Hall–Kier alpha value is -1.27. The highest BCUT2D eigenvalue weighted by Crippen LogP contribution is 2.35. The van der Waals surface area contributed by atoms with Crippen molar-refractivity contribution in [1.29, 1.82) is 0 Å². The van der Waals surface area contributed by atoms with Gasteiger partial charge in [-0.25, -0.2) is 13.6 Å². The van der Waals surface area contributed by atoms with Crippen molar-refractivity contribution < 1.29 is 8.42 Å². The molecule has 4 N–H and O–H groups in total. The number of anilines is 2. The van der Waals surface area contributed by atoms with E-state index in [1.165, 1.54) is 6.07 Å². The molecule has 0 spiro atoms. The molecule has 0 aliphatic carbocycles. The van der Waals surface area contributed by atoms with Crippen LogP contribution in [0, 0.1) is 12.3 Å². The Morgan fingerprint density at radius 2 is 1.75 bits per heavy atom. The monoisotopic (exact) mass is 297 g/mol. The van der Waals surface area contributed by atoms with E-state index in [-0.39, 0.29) is 4.90 Å². The van der Waals surface area contributed by atoms with E-state index in [0.717, 1.165) is 31.6 Å². The Kier molecular flexibility index (Phi) is 3.73. The summed E-state index contributed by atoms with van der Waals surface area (Å²) in [5.41, 5.74) is 8.17. The normalized spacial score (nSPS) is 19.1. The maximum Gasteiger partial charge on any atom is 0.238 e. The fourth-order valence-electron chi connectivity index (χ4n) is 2.67. The second-order valence-electron chi connectivity index (χ2n) is 6.36. The van der Waals surface area contributed by atoms with Gasteiger partial charge < -0.3 is 10.6 Å². The molecule has 1 aliphatic heterocycles. The van der Waals surface area contributed by atoms with E-state index in [1.807, 2.05) is 6.07 Å². The van der Waals surface area contributed by atoms with E-state index < -0.39 is 10.0 Å². The van der Waals surface area contributed by atoms with Crippen LogP contribution in [0.3, 0.4) is 0 Å². The Bertz CT molecular complexity index is 614. The number of nitrogens with two attached hydrogens (primary N) is 2. The van der Waals surface area contributed by atoms with Crippen molar-refractivity contribution in [2.45, 2.75) is 38.5 Å². The largest absolute Gasteiger partial charge is 0.399 e. The zero-order chi connectivity index (χ0) is 15.1. The van der Waals surface area contributed by atoms with Gasteiger partial charge in [0.25, 0.3) is 0 Å². The van der Waals surface area contributed by atoms with Crippen LogP contribution in [0.5, 0.6) is 0 Å². The van der Waals surface area contributed by atoms with Crippen molar-refractivity contribution >= 4 is 21.4 Å². The fourth-order valence-corrected chi connectivity index (χ4v) is 3.50. The first-order chi connectivity index (χ1) is 9.10. The van der Waals surface area contributed by atoms with Gasteiger partial charge in [-0.3, -0.25) is 0 Å². The topological polar surface area (TPSA) is 89.4 Å². The molecule has 0 amide bonds. The van der Waals surface area contributed by atoms with Gasteiger partial charge >= 0.3 is 0 Å². The lowest BCUT2D eigenvalue weighted by Crippen LogP contribution is -2.37. The number of piperidine rings is 1. The molecule has 112 valence electrons. The lowest BCUT2D eigenvalue weighted by molar-refractivity contribution is 0.279. The molecule has 1 aromatic rings. The van der Waals surface area contributed by atoms with Gasteiger partial charge in [0.2, 0.25) is 10.0 Å². The second-order valence-corrected chi connectivity index (χ2v) is 7.89. The van der Waals surface area contributed by atoms with E-state index >= 15 is 0 Å². The van der Waals surface area contributed by atoms with Crippen molar-refractivity contribution in [3.05, 3.63) is 17.7 Å². The highest BCUT2D eigenvalue weighted by Gasteiger charge is 2.27. The van der Waals surface area contributed by atoms with Gasteiger partial charge in [-0.1, -0.05) is 13.8 Å². The summed E-state index contributed by atoms with van der Waals surface area (Å²) in [7, 11) is -3.75. The number of nitrogen functional groups attached to an aromatic ring is 1. The van der Waals surface area contributed by atoms with Crippen LogP contribution < -0.4 is 15.8 Å². The third-order valence-corrected chi connectivity index (χ3v) is 5.16. The molecule has 5 nitrogen and oxygen atoms in total. The van der Waals surface area contributed by atoms with Gasteiger partial charge in [-0.2, -0.15) is 0 Å². The van der Waals surface area contributed by atoms with Gasteiger partial charge in [-0.15, -0.1) is 0 Å². The SMILES string of the molecule is Cc1c(N2CCC(C)(C)CC2)cc(N)cc1S(N)(=O)=O. The van der Waals surface area contributed by atoms with Crippen LogP contribution in [-0.2, 0) is 10.0 Å². The molecule has 1 fully saturated rings. The summed E-state index contributed by atoms with van der Waals surface area (Å²) in [4.78, 5) is 2.32. The third kappa shape index (κ3) is 3.07. The number of hydrogen-bond donors (Lipinski definition) is 2. The number of nitrogens with zero attached hydrogens (tertiary/aromatic N) is 1. The molecule has 6 heteroatoms. The molecular formula is C14H23N3O2S. The molecular weight excluding hydrogens is 274 g/mol. The molecule has 2 rings (SSSR count). The second kappa shape index (κ2) is 4.93. The van der Waals surface area contributed by atoms with E-state index in [4.69, 9.17) is 10.9 Å². The molecule has 1 heterocycles. The van der Waals surface area contributed by atoms with Crippen LogP contribution in [-0.4, -0.2) is 21.5 Å². The smallest absolute Gasteiger partial charge is 0.238 e. The van der Waals surface area contributed by atoms with Crippen LogP contribution in [0.2, 0.25) is 0 Å². The van der Waals surface area contributed by atoms with Gasteiger partial charge in [0.15, 0.2) is 0 Å². The van der Waals surface area contributed by atoms with Crippen molar-refractivity contribution in [3.8, 4) is 0 Å². The van der Waals surface area contributed by atoms with Crippen LogP contribution in [0.25, 0.3) is 0 Å². The minimum atomic E-state index is -3.75. The standard InChI is InChI=1S/C14H23N3O2S/c1-10-12(17-6-4-14(2,3)5-7-17)8-11(15)9-13(10)20(16,18)19/h8-9H,4-7,15H2,1-3H3,(H2,16,18,19). The zero-order valence-electron chi connectivity index (χ0n) is 12.3. The number of benzene rings is 1. The maximum atomic E-state index is 11.6. The first-order valence-electron chi connectivity index (χ1n) is 6.78.